The van der Waals surface area contributed by atoms with Crippen molar-refractivity contribution < 1.29 is 19.1 Å². The lowest BCUT2D eigenvalue weighted by molar-refractivity contribution is -0.143. The van der Waals surface area contributed by atoms with Gasteiger partial charge < -0.3 is 15.7 Å². The Balaban J connectivity index is 2.31. The number of nitrogen functional groups attached to an aromatic ring is 1. The monoisotopic (exact) mass is 266 g/mol. The molecule has 0 radical (unpaired) electrons. The molecule has 1 atom stereocenters. The standard InChI is InChI=1S/C13H15FN2O3/c14-9-5-3-4-8(11(9)15)12(17)16-7-2-1-6-10(16)13(18)19/h3-5,10H,1-2,6-7,15H2,(H,18,19)/t10-/m0/s1. The van der Waals surface area contributed by atoms with Gasteiger partial charge in [0.1, 0.15) is 11.9 Å². The van der Waals surface area contributed by atoms with Gasteiger partial charge in [0.05, 0.1) is 11.3 Å². The number of para-hydroxylation sites is 1. The third-order valence-electron chi connectivity index (χ3n) is 3.33. The van der Waals surface area contributed by atoms with E-state index >= 15 is 0 Å². The van der Waals surface area contributed by atoms with Crippen LogP contribution in [0, 0.1) is 5.82 Å². The second-order valence-corrected chi connectivity index (χ2v) is 4.55. The Hall–Kier alpha value is -2.11. The molecule has 0 saturated carbocycles. The second-order valence-electron chi connectivity index (χ2n) is 4.55. The molecule has 1 aromatic carbocycles. The largest absolute Gasteiger partial charge is 0.480 e. The van der Waals surface area contributed by atoms with E-state index in [1.54, 1.807) is 0 Å². The number of halogens is 1. The van der Waals surface area contributed by atoms with E-state index in [2.05, 4.69) is 0 Å². The quantitative estimate of drug-likeness (QED) is 0.794. The van der Waals surface area contributed by atoms with E-state index in [1.165, 1.54) is 17.0 Å². The van der Waals surface area contributed by atoms with Gasteiger partial charge in [-0.05, 0) is 31.4 Å². The highest BCUT2D eigenvalue weighted by atomic mass is 19.1. The minimum Gasteiger partial charge on any atom is -0.480 e. The van der Waals surface area contributed by atoms with Gasteiger partial charge in [0.25, 0.3) is 5.91 Å². The van der Waals surface area contributed by atoms with Crippen LogP contribution in [0.25, 0.3) is 0 Å². The minimum atomic E-state index is -1.04. The third kappa shape index (κ3) is 2.52. The van der Waals surface area contributed by atoms with Crippen molar-refractivity contribution in [2.24, 2.45) is 0 Å². The molecule has 0 bridgehead atoms. The molecule has 1 fully saturated rings. The van der Waals surface area contributed by atoms with E-state index in [9.17, 15) is 14.0 Å². The summed E-state index contributed by atoms with van der Waals surface area (Å²) in [5, 5.41) is 9.13. The predicted octanol–water partition coefficient (Wildman–Crippen LogP) is 1.49. The molecule has 1 amide bonds. The highest BCUT2D eigenvalue weighted by molar-refractivity contribution is 6.01. The molecule has 1 saturated heterocycles. The maximum atomic E-state index is 13.4. The summed E-state index contributed by atoms with van der Waals surface area (Å²) in [6.45, 7) is 0.353. The van der Waals surface area contributed by atoms with Crippen LogP contribution in [0.1, 0.15) is 29.6 Å². The van der Waals surface area contributed by atoms with Gasteiger partial charge >= 0.3 is 5.97 Å². The molecule has 0 unspecified atom stereocenters. The number of carbonyl (C=O) groups is 2. The summed E-state index contributed by atoms with van der Waals surface area (Å²) < 4.78 is 13.4. The van der Waals surface area contributed by atoms with Crippen LogP contribution in [0.5, 0.6) is 0 Å². The number of carbonyl (C=O) groups excluding carboxylic acids is 1. The lowest BCUT2D eigenvalue weighted by Gasteiger charge is -2.33. The van der Waals surface area contributed by atoms with Crippen molar-refractivity contribution in [2.45, 2.75) is 25.3 Å². The molecule has 102 valence electrons. The molecule has 1 aliphatic heterocycles. The molecule has 1 heterocycles. The fraction of sp³-hybridized carbons (Fsp3) is 0.385. The van der Waals surface area contributed by atoms with E-state index in [1.807, 2.05) is 0 Å². The van der Waals surface area contributed by atoms with Crippen molar-refractivity contribution in [2.75, 3.05) is 12.3 Å². The van der Waals surface area contributed by atoms with Crippen molar-refractivity contribution in [1.29, 1.82) is 0 Å². The summed E-state index contributed by atoms with van der Waals surface area (Å²) in [7, 11) is 0. The number of anilines is 1. The maximum absolute atomic E-state index is 13.4. The van der Waals surface area contributed by atoms with Gasteiger partial charge in [0, 0.05) is 6.54 Å². The van der Waals surface area contributed by atoms with Crippen molar-refractivity contribution in [3.05, 3.63) is 29.6 Å². The van der Waals surface area contributed by atoms with Crippen LogP contribution in [-0.4, -0.2) is 34.5 Å². The Kier molecular flexibility index (Phi) is 3.69. The number of piperidine rings is 1. The molecular weight excluding hydrogens is 251 g/mol. The van der Waals surface area contributed by atoms with Gasteiger partial charge in [-0.2, -0.15) is 0 Å². The summed E-state index contributed by atoms with van der Waals surface area (Å²) >= 11 is 0. The van der Waals surface area contributed by atoms with Gasteiger partial charge in [-0.15, -0.1) is 0 Å². The average molecular weight is 266 g/mol. The number of nitrogens with zero attached hydrogens (tertiary/aromatic N) is 1. The summed E-state index contributed by atoms with van der Waals surface area (Å²) in [5.41, 5.74) is 5.33. The Morgan fingerprint density at radius 1 is 1.37 bits per heavy atom. The summed E-state index contributed by atoms with van der Waals surface area (Å²) in [6, 6.07) is 3.10. The Bertz CT molecular complexity index is 519. The molecule has 5 nitrogen and oxygen atoms in total. The van der Waals surface area contributed by atoms with E-state index in [0.29, 0.717) is 13.0 Å². The molecule has 1 aliphatic rings. The first kappa shape index (κ1) is 13.3. The van der Waals surface area contributed by atoms with Gasteiger partial charge in [0.2, 0.25) is 0 Å². The van der Waals surface area contributed by atoms with Gasteiger partial charge in [-0.3, -0.25) is 4.79 Å². The summed E-state index contributed by atoms with van der Waals surface area (Å²) in [4.78, 5) is 24.7. The van der Waals surface area contributed by atoms with Crippen LogP contribution >= 0.6 is 0 Å². The zero-order valence-electron chi connectivity index (χ0n) is 10.3. The van der Waals surface area contributed by atoms with Crippen LogP contribution in [0.2, 0.25) is 0 Å². The number of amides is 1. The van der Waals surface area contributed by atoms with Crippen LogP contribution in [0.3, 0.4) is 0 Å². The number of rotatable bonds is 2. The molecule has 1 aromatic rings. The average Bonchev–Trinajstić information content (AvgIpc) is 2.41. The number of likely N-dealkylation sites (tertiary alicyclic amines) is 1. The molecule has 0 spiro atoms. The normalized spacial score (nSPS) is 19.2. The molecular formula is C13H15FN2O3. The maximum Gasteiger partial charge on any atom is 0.326 e. The van der Waals surface area contributed by atoms with E-state index in [0.717, 1.165) is 18.9 Å². The van der Waals surface area contributed by atoms with Gasteiger partial charge in [0.15, 0.2) is 0 Å². The number of nitrogens with two attached hydrogens (primary N) is 1. The molecule has 19 heavy (non-hydrogen) atoms. The molecule has 6 heteroatoms. The summed E-state index contributed by atoms with van der Waals surface area (Å²) in [6.07, 6.45) is 1.92. The summed E-state index contributed by atoms with van der Waals surface area (Å²) in [5.74, 6) is -2.23. The topological polar surface area (TPSA) is 83.6 Å². The fourth-order valence-corrected chi connectivity index (χ4v) is 2.31. The van der Waals surface area contributed by atoms with Crippen LogP contribution in [-0.2, 0) is 4.79 Å². The minimum absolute atomic E-state index is 0.0214. The lowest BCUT2D eigenvalue weighted by Crippen LogP contribution is -2.48. The van der Waals surface area contributed by atoms with Crippen LogP contribution in [0.15, 0.2) is 18.2 Å². The number of hydrogen-bond donors (Lipinski definition) is 2. The van der Waals surface area contributed by atoms with Crippen molar-refractivity contribution in [3.8, 4) is 0 Å². The molecule has 3 N–H and O–H groups in total. The first-order valence-electron chi connectivity index (χ1n) is 6.10. The van der Waals surface area contributed by atoms with Crippen molar-refractivity contribution >= 4 is 17.6 Å². The highest BCUT2D eigenvalue weighted by Gasteiger charge is 2.33. The van der Waals surface area contributed by atoms with Crippen molar-refractivity contribution in [3.63, 3.8) is 0 Å². The smallest absolute Gasteiger partial charge is 0.326 e. The van der Waals surface area contributed by atoms with Crippen LogP contribution in [0.4, 0.5) is 10.1 Å². The number of carboxylic acids is 1. The zero-order chi connectivity index (χ0) is 14.0. The SMILES string of the molecule is Nc1c(F)cccc1C(=O)N1CCCC[C@H]1C(=O)O. The third-order valence-corrected chi connectivity index (χ3v) is 3.33. The lowest BCUT2D eigenvalue weighted by atomic mass is 10.0. The van der Waals surface area contributed by atoms with Crippen molar-refractivity contribution in [1.82, 2.24) is 4.90 Å². The molecule has 0 aliphatic carbocycles. The number of benzene rings is 1. The van der Waals surface area contributed by atoms with Gasteiger partial charge in [-0.1, -0.05) is 6.07 Å². The van der Waals surface area contributed by atoms with E-state index in [-0.39, 0.29) is 11.3 Å². The second kappa shape index (κ2) is 5.26. The van der Waals surface area contributed by atoms with Gasteiger partial charge in [-0.25, -0.2) is 9.18 Å². The number of hydrogen-bond acceptors (Lipinski definition) is 3. The first-order chi connectivity index (χ1) is 9.02. The number of carboxylic acid groups (broad SMARTS) is 1. The highest BCUT2D eigenvalue weighted by Crippen LogP contribution is 2.23. The van der Waals surface area contributed by atoms with E-state index < -0.39 is 23.7 Å². The van der Waals surface area contributed by atoms with E-state index in [4.69, 9.17) is 10.8 Å². The number of aliphatic carboxylic acids is 1. The molecule has 0 aromatic heterocycles. The molecule has 2 rings (SSSR count). The Labute approximate surface area is 109 Å². The zero-order valence-corrected chi connectivity index (χ0v) is 10.3. The van der Waals surface area contributed by atoms with Crippen LogP contribution < -0.4 is 5.73 Å². The Morgan fingerprint density at radius 2 is 2.11 bits per heavy atom. The predicted molar refractivity (Wildman–Crippen MR) is 67.1 cm³/mol. The Morgan fingerprint density at radius 3 is 2.79 bits per heavy atom. The first-order valence-corrected chi connectivity index (χ1v) is 6.10. The fourth-order valence-electron chi connectivity index (χ4n) is 2.31.